The van der Waals surface area contributed by atoms with Crippen LogP contribution in [0, 0.1) is 21.8 Å². The number of aryl methyl sites for hydroxylation is 1. The number of nitrogens with zero attached hydrogens (tertiary/aromatic N) is 1. The van der Waals surface area contributed by atoms with E-state index in [9.17, 15) is 14.9 Å². The van der Waals surface area contributed by atoms with Crippen molar-refractivity contribution in [3.8, 4) is 0 Å². The van der Waals surface area contributed by atoms with E-state index in [2.05, 4.69) is 9.97 Å². The second-order valence-corrected chi connectivity index (χ2v) is 4.48. The van der Waals surface area contributed by atoms with E-state index in [-0.39, 0.29) is 22.4 Å². The van der Waals surface area contributed by atoms with E-state index >= 15 is 0 Å². The van der Waals surface area contributed by atoms with Gasteiger partial charge in [0.1, 0.15) is 0 Å². The van der Waals surface area contributed by atoms with Crippen molar-refractivity contribution in [2.45, 2.75) is 13.3 Å². The van der Waals surface area contributed by atoms with Crippen LogP contribution < -0.4 is 5.56 Å². The maximum absolute atomic E-state index is 11.8. The second-order valence-electron chi connectivity index (χ2n) is 4.07. The number of nitro groups is 1. The van der Waals surface area contributed by atoms with Gasteiger partial charge in [-0.2, -0.15) is 0 Å². The second kappa shape index (κ2) is 5.15. The highest BCUT2D eigenvalue weighted by Crippen LogP contribution is 2.20. The monoisotopic (exact) mass is 277 g/mol. The van der Waals surface area contributed by atoms with Gasteiger partial charge in [0.2, 0.25) is 0 Å². The standard InChI is InChI=1S/C12H11N3O3S/c1-7-9(11(16)14-12(19)13-7)6-8-4-2-3-5-10(8)15(17)18/h2-5H,6H2,1H3,(H2,13,14,16,19). The SMILES string of the molecule is Cc1[nH]c(=S)[nH]c(=O)c1Cc1ccccc1[N+](=O)[O-]. The van der Waals surface area contributed by atoms with E-state index in [1.165, 1.54) is 6.07 Å². The van der Waals surface area contributed by atoms with Gasteiger partial charge in [-0.3, -0.25) is 19.9 Å². The molecule has 0 fully saturated rings. The van der Waals surface area contributed by atoms with Crippen LogP contribution in [0.4, 0.5) is 5.69 Å². The Kier molecular flexibility index (Phi) is 3.57. The summed E-state index contributed by atoms with van der Waals surface area (Å²) in [5, 5.41) is 10.9. The minimum absolute atomic E-state index is 0.00347. The largest absolute Gasteiger partial charge is 0.336 e. The van der Waals surface area contributed by atoms with Crippen molar-refractivity contribution in [3.05, 3.63) is 66.3 Å². The fourth-order valence-electron chi connectivity index (χ4n) is 1.87. The lowest BCUT2D eigenvalue weighted by atomic mass is 10.0. The van der Waals surface area contributed by atoms with Gasteiger partial charge in [-0.25, -0.2) is 0 Å². The summed E-state index contributed by atoms with van der Waals surface area (Å²) in [7, 11) is 0. The number of H-pyrrole nitrogens is 2. The van der Waals surface area contributed by atoms with Gasteiger partial charge in [-0.05, 0) is 19.1 Å². The van der Waals surface area contributed by atoms with E-state index in [4.69, 9.17) is 12.2 Å². The van der Waals surface area contributed by atoms with Crippen molar-refractivity contribution in [2.24, 2.45) is 0 Å². The summed E-state index contributed by atoms with van der Waals surface area (Å²) in [5.74, 6) is 0. The highest BCUT2D eigenvalue weighted by molar-refractivity contribution is 7.71. The Morgan fingerprint density at radius 1 is 1.32 bits per heavy atom. The molecule has 6 nitrogen and oxygen atoms in total. The molecule has 0 saturated carbocycles. The molecule has 2 aromatic rings. The van der Waals surface area contributed by atoms with Crippen molar-refractivity contribution in [2.75, 3.05) is 0 Å². The Balaban J connectivity index is 2.51. The molecule has 0 radical (unpaired) electrons. The van der Waals surface area contributed by atoms with Crippen LogP contribution in [0.1, 0.15) is 16.8 Å². The third-order valence-electron chi connectivity index (χ3n) is 2.81. The molecule has 98 valence electrons. The Labute approximate surface area is 113 Å². The Hall–Kier alpha value is -2.28. The van der Waals surface area contributed by atoms with Crippen LogP contribution in [0.25, 0.3) is 0 Å². The molecule has 2 N–H and O–H groups in total. The number of para-hydroxylation sites is 1. The maximum Gasteiger partial charge on any atom is 0.272 e. The Bertz CT molecular complexity index is 748. The van der Waals surface area contributed by atoms with Crippen LogP contribution in [-0.4, -0.2) is 14.9 Å². The lowest BCUT2D eigenvalue weighted by Gasteiger charge is -2.05. The van der Waals surface area contributed by atoms with Crippen LogP contribution >= 0.6 is 12.2 Å². The molecule has 1 aromatic heterocycles. The summed E-state index contributed by atoms with van der Waals surface area (Å²) >= 11 is 4.86. The van der Waals surface area contributed by atoms with Gasteiger partial charge < -0.3 is 4.98 Å². The summed E-state index contributed by atoms with van der Waals surface area (Å²) in [5.41, 5.74) is 1.24. The number of benzene rings is 1. The van der Waals surface area contributed by atoms with Crippen molar-refractivity contribution >= 4 is 17.9 Å². The average Bonchev–Trinajstić information content (AvgIpc) is 2.34. The first kappa shape index (κ1) is 13.2. The minimum atomic E-state index is -0.454. The lowest BCUT2D eigenvalue weighted by Crippen LogP contribution is -2.17. The van der Waals surface area contributed by atoms with E-state index in [1.807, 2.05) is 0 Å². The molecule has 2 rings (SSSR count). The normalized spacial score (nSPS) is 10.4. The first-order valence-corrected chi connectivity index (χ1v) is 5.94. The molecule has 0 aliphatic heterocycles. The molecule has 0 aliphatic carbocycles. The Morgan fingerprint density at radius 2 is 2.00 bits per heavy atom. The van der Waals surface area contributed by atoms with Crippen LogP contribution in [0.3, 0.4) is 0 Å². The molecule has 0 atom stereocenters. The molecule has 1 heterocycles. The van der Waals surface area contributed by atoms with Gasteiger partial charge in [-0.15, -0.1) is 0 Å². The number of hydrogen-bond acceptors (Lipinski definition) is 4. The molecule has 0 aliphatic rings. The zero-order chi connectivity index (χ0) is 14.0. The number of rotatable bonds is 3. The molecule has 1 aromatic carbocycles. The number of aromatic amines is 2. The van der Waals surface area contributed by atoms with Crippen molar-refractivity contribution in [3.63, 3.8) is 0 Å². The zero-order valence-corrected chi connectivity index (χ0v) is 10.9. The molecule has 0 spiro atoms. The van der Waals surface area contributed by atoms with E-state index in [0.717, 1.165) is 0 Å². The quantitative estimate of drug-likeness (QED) is 0.511. The smallest absolute Gasteiger partial charge is 0.272 e. The van der Waals surface area contributed by atoms with Gasteiger partial charge in [-0.1, -0.05) is 18.2 Å². The molecule has 0 saturated heterocycles. The first-order valence-electron chi connectivity index (χ1n) is 5.53. The van der Waals surface area contributed by atoms with Gasteiger partial charge in [0.15, 0.2) is 4.77 Å². The van der Waals surface area contributed by atoms with E-state index in [1.54, 1.807) is 25.1 Å². The van der Waals surface area contributed by atoms with Gasteiger partial charge in [0.25, 0.3) is 11.2 Å². The van der Waals surface area contributed by atoms with Crippen molar-refractivity contribution in [1.82, 2.24) is 9.97 Å². The highest BCUT2D eigenvalue weighted by atomic mass is 32.1. The molecular weight excluding hydrogens is 266 g/mol. The maximum atomic E-state index is 11.8. The van der Waals surface area contributed by atoms with Gasteiger partial charge >= 0.3 is 0 Å². The fourth-order valence-corrected chi connectivity index (χ4v) is 2.11. The van der Waals surface area contributed by atoms with Crippen LogP contribution in [0.15, 0.2) is 29.1 Å². The summed E-state index contributed by atoms with van der Waals surface area (Å²) in [4.78, 5) is 27.6. The summed E-state index contributed by atoms with van der Waals surface area (Å²) in [6.07, 6.45) is 0.185. The molecule has 0 unspecified atom stereocenters. The third-order valence-corrected chi connectivity index (χ3v) is 3.01. The lowest BCUT2D eigenvalue weighted by molar-refractivity contribution is -0.385. The number of nitrogens with one attached hydrogen (secondary N) is 2. The van der Waals surface area contributed by atoms with E-state index < -0.39 is 4.92 Å². The van der Waals surface area contributed by atoms with Crippen molar-refractivity contribution in [1.29, 1.82) is 0 Å². The topological polar surface area (TPSA) is 91.8 Å². The summed E-state index contributed by atoms with van der Waals surface area (Å²) in [6.45, 7) is 1.72. The van der Waals surface area contributed by atoms with Crippen LogP contribution in [-0.2, 0) is 6.42 Å². The highest BCUT2D eigenvalue weighted by Gasteiger charge is 2.15. The predicted octanol–water partition coefficient (Wildman–Crippen LogP) is 2.24. The van der Waals surface area contributed by atoms with Gasteiger partial charge in [0, 0.05) is 29.3 Å². The van der Waals surface area contributed by atoms with E-state index in [0.29, 0.717) is 16.8 Å². The fraction of sp³-hybridized carbons (Fsp3) is 0.167. The molecule has 19 heavy (non-hydrogen) atoms. The molecular formula is C12H11N3O3S. The average molecular weight is 277 g/mol. The zero-order valence-electron chi connectivity index (χ0n) is 10.1. The number of hydrogen-bond donors (Lipinski definition) is 2. The summed E-state index contributed by atoms with van der Waals surface area (Å²) in [6, 6.07) is 6.36. The molecule has 0 amide bonds. The van der Waals surface area contributed by atoms with Gasteiger partial charge in [0.05, 0.1) is 4.92 Å². The number of aromatic nitrogens is 2. The van der Waals surface area contributed by atoms with Crippen molar-refractivity contribution < 1.29 is 4.92 Å². The molecule has 0 bridgehead atoms. The first-order chi connectivity index (χ1) is 8.99. The predicted molar refractivity (Wildman–Crippen MR) is 72.9 cm³/mol. The van der Waals surface area contributed by atoms with Crippen LogP contribution in [0.2, 0.25) is 0 Å². The van der Waals surface area contributed by atoms with Crippen LogP contribution in [0.5, 0.6) is 0 Å². The molecule has 7 heteroatoms. The minimum Gasteiger partial charge on any atom is -0.336 e. The Morgan fingerprint density at radius 3 is 2.63 bits per heavy atom. The summed E-state index contributed by atoms with van der Waals surface area (Å²) < 4.78 is 0.244. The number of nitro benzene ring substituents is 1. The third kappa shape index (κ3) is 2.76.